The van der Waals surface area contributed by atoms with Gasteiger partial charge in [0.15, 0.2) is 0 Å². The van der Waals surface area contributed by atoms with Crippen LogP contribution in [0.3, 0.4) is 0 Å². The molecule has 2 aromatic heterocycles. The van der Waals surface area contributed by atoms with Crippen molar-refractivity contribution in [3.8, 4) is 0 Å². The van der Waals surface area contributed by atoms with Crippen molar-refractivity contribution in [3.63, 3.8) is 0 Å². The standard InChI is InChI=1S/C34H26N4S/c1-22(23-12-4-2-5-13-23)36-34(37-33(35)24-14-6-3-7-15-24)38-28-18-10-8-17-27(28)31-29(38)21-20-26-25-16-9-11-19-30(25)39-32(26)31/h2-22H,1H3,(H2,35,36,37). The second-order valence-electron chi connectivity index (χ2n) is 9.67. The highest BCUT2D eigenvalue weighted by atomic mass is 32.1. The molecule has 4 nitrogen and oxygen atoms in total. The molecule has 1 unspecified atom stereocenters. The van der Waals surface area contributed by atoms with Crippen molar-refractivity contribution in [2.45, 2.75) is 13.0 Å². The Kier molecular flexibility index (Phi) is 5.71. The Morgan fingerprint density at radius 2 is 1.36 bits per heavy atom. The normalized spacial score (nSPS) is 13.6. The summed E-state index contributed by atoms with van der Waals surface area (Å²) in [6.07, 6.45) is 0. The van der Waals surface area contributed by atoms with Gasteiger partial charge in [0, 0.05) is 36.5 Å². The predicted octanol–water partition coefficient (Wildman–Crippen LogP) is 8.53. The van der Waals surface area contributed by atoms with Crippen LogP contribution in [0.2, 0.25) is 0 Å². The number of aliphatic imine (C=N–C) groups is 2. The molecule has 5 aromatic carbocycles. The van der Waals surface area contributed by atoms with Crippen molar-refractivity contribution in [1.29, 1.82) is 0 Å². The zero-order chi connectivity index (χ0) is 26.3. The van der Waals surface area contributed by atoms with Crippen LogP contribution in [-0.4, -0.2) is 16.4 Å². The fourth-order valence-corrected chi connectivity index (χ4v) is 6.61. The van der Waals surface area contributed by atoms with Crippen LogP contribution in [0.15, 0.2) is 131 Å². The molecule has 0 spiro atoms. The SMILES string of the molecule is CC(N=C(N=C(N)c1ccccc1)n1c2ccccc2c2c3sc4ccccc4c3ccc21)c1ccccc1. The van der Waals surface area contributed by atoms with E-state index in [-0.39, 0.29) is 6.04 Å². The van der Waals surface area contributed by atoms with Gasteiger partial charge in [0.25, 0.3) is 0 Å². The van der Waals surface area contributed by atoms with Crippen LogP contribution in [0.5, 0.6) is 0 Å². The van der Waals surface area contributed by atoms with Gasteiger partial charge in [0.2, 0.25) is 5.96 Å². The summed E-state index contributed by atoms with van der Waals surface area (Å²) in [6, 6.07) is 41.6. The topological polar surface area (TPSA) is 55.7 Å². The molecule has 188 valence electrons. The summed E-state index contributed by atoms with van der Waals surface area (Å²) < 4.78 is 4.73. The minimum Gasteiger partial charge on any atom is -0.383 e. The van der Waals surface area contributed by atoms with E-state index in [1.54, 1.807) is 0 Å². The summed E-state index contributed by atoms with van der Waals surface area (Å²) in [4.78, 5) is 10.2. The fourth-order valence-electron chi connectivity index (χ4n) is 5.35. The van der Waals surface area contributed by atoms with Crippen LogP contribution < -0.4 is 5.73 Å². The third-order valence-electron chi connectivity index (χ3n) is 7.26. The Bertz CT molecular complexity index is 2030. The summed E-state index contributed by atoms with van der Waals surface area (Å²) in [5, 5.41) is 4.96. The monoisotopic (exact) mass is 522 g/mol. The maximum Gasteiger partial charge on any atom is 0.232 e. The van der Waals surface area contributed by atoms with Crippen LogP contribution in [0.25, 0.3) is 42.0 Å². The predicted molar refractivity (Wildman–Crippen MR) is 167 cm³/mol. The van der Waals surface area contributed by atoms with Gasteiger partial charge in [0.05, 0.1) is 17.1 Å². The van der Waals surface area contributed by atoms with Gasteiger partial charge in [-0.3, -0.25) is 4.57 Å². The number of thiophene rings is 1. The fraction of sp³-hybridized carbons (Fsp3) is 0.0588. The summed E-state index contributed by atoms with van der Waals surface area (Å²) in [5.74, 6) is 1.00. The van der Waals surface area contributed by atoms with Gasteiger partial charge < -0.3 is 5.73 Å². The second kappa shape index (κ2) is 9.53. The number of nitrogens with zero attached hydrogens (tertiary/aromatic N) is 3. The Hall–Kier alpha value is -4.74. The molecule has 1 atom stereocenters. The van der Waals surface area contributed by atoms with Crippen LogP contribution >= 0.6 is 11.3 Å². The maximum absolute atomic E-state index is 6.60. The van der Waals surface area contributed by atoms with Gasteiger partial charge >= 0.3 is 0 Å². The number of amidine groups is 1. The molecule has 0 radical (unpaired) electrons. The number of benzene rings is 5. The second-order valence-corrected chi connectivity index (χ2v) is 10.7. The lowest BCUT2D eigenvalue weighted by atomic mass is 10.1. The highest BCUT2D eigenvalue weighted by molar-refractivity contribution is 7.26. The molecule has 0 saturated heterocycles. The third-order valence-corrected chi connectivity index (χ3v) is 8.47. The van der Waals surface area contributed by atoms with Crippen molar-refractivity contribution in [1.82, 2.24) is 4.57 Å². The molecule has 0 saturated carbocycles. The van der Waals surface area contributed by atoms with E-state index in [1.807, 2.05) is 59.9 Å². The van der Waals surface area contributed by atoms with Crippen molar-refractivity contribution < 1.29 is 0 Å². The molecule has 39 heavy (non-hydrogen) atoms. The van der Waals surface area contributed by atoms with Crippen LogP contribution in [0.4, 0.5) is 0 Å². The number of nitrogens with two attached hydrogens (primary N) is 1. The molecule has 0 fully saturated rings. The highest BCUT2D eigenvalue weighted by Gasteiger charge is 2.20. The largest absolute Gasteiger partial charge is 0.383 e. The van der Waals surface area contributed by atoms with E-state index in [2.05, 4.69) is 84.3 Å². The molecule has 2 N–H and O–H groups in total. The van der Waals surface area contributed by atoms with Crippen LogP contribution in [0.1, 0.15) is 24.1 Å². The Balaban J connectivity index is 1.55. The lowest BCUT2D eigenvalue weighted by Gasteiger charge is -2.13. The van der Waals surface area contributed by atoms with Crippen LogP contribution in [-0.2, 0) is 0 Å². The van der Waals surface area contributed by atoms with Gasteiger partial charge in [-0.2, -0.15) is 4.99 Å². The van der Waals surface area contributed by atoms with E-state index in [1.165, 1.54) is 30.9 Å². The van der Waals surface area contributed by atoms with Crippen molar-refractivity contribution in [2.75, 3.05) is 0 Å². The number of aromatic nitrogens is 1. The van der Waals surface area contributed by atoms with E-state index in [4.69, 9.17) is 15.7 Å². The summed E-state index contributed by atoms with van der Waals surface area (Å²) >= 11 is 1.84. The van der Waals surface area contributed by atoms with E-state index >= 15 is 0 Å². The van der Waals surface area contributed by atoms with Crippen molar-refractivity contribution in [2.24, 2.45) is 15.7 Å². The van der Waals surface area contributed by atoms with Crippen LogP contribution in [0, 0.1) is 0 Å². The minimum absolute atomic E-state index is 0.113. The quantitative estimate of drug-likeness (QED) is 0.183. The maximum atomic E-state index is 6.60. The minimum atomic E-state index is -0.113. The molecule has 0 aliphatic carbocycles. The summed E-state index contributed by atoms with van der Waals surface area (Å²) in [6.45, 7) is 2.10. The number of hydrogen-bond donors (Lipinski definition) is 1. The van der Waals surface area contributed by atoms with Crippen molar-refractivity contribution >= 4 is 65.1 Å². The molecular weight excluding hydrogens is 496 g/mol. The third kappa shape index (κ3) is 3.99. The lowest BCUT2D eigenvalue weighted by molar-refractivity contribution is 0.810. The molecular formula is C34H26N4S. The number of para-hydroxylation sites is 1. The lowest BCUT2D eigenvalue weighted by Crippen LogP contribution is -2.20. The van der Waals surface area contributed by atoms with Gasteiger partial charge in [-0.1, -0.05) is 103 Å². The van der Waals surface area contributed by atoms with Gasteiger partial charge in [-0.25, -0.2) is 4.99 Å². The van der Waals surface area contributed by atoms with Gasteiger partial charge in [-0.05, 0) is 30.7 Å². The summed E-state index contributed by atoms with van der Waals surface area (Å²) in [7, 11) is 0. The number of rotatable bonds is 3. The molecule has 7 rings (SSSR count). The first-order valence-electron chi connectivity index (χ1n) is 13.0. The number of hydrogen-bond acceptors (Lipinski definition) is 2. The molecule has 0 amide bonds. The zero-order valence-electron chi connectivity index (χ0n) is 21.5. The summed E-state index contributed by atoms with van der Waals surface area (Å²) in [5.41, 5.74) is 10.7. The van der Waals surface area contributed by atoms with E-state index < -0.39 is 0 Å². The highest BCUT2D eigenvalue weighted by Crippen LogP contribution is 2.42. The number of fused-ring (bicyclic) bond motifs is 7. The van der Waals surface area contributed by atoms with Gasteiger partial charge in [0.1, 0.15) is 5.84 Å². The molecule has 0 bridgehead atoms. The Morgan fingerprint density at radius 3 is 2.15 bits per heavy atom. The first kappa shape index (κ1) is 23.4. The van der Waals surface area contributed by atoms with E-state index in [9.17, 15) is 0 Å². The van der Waals surface area contributed by atoms with E-state index in [0.29, 0.717) is 11.8 Å². The molecule has 5 heteroatoms. The molecule has 2 heterocycles. The Labute approximate surface area is 230 Å². The molecule has 0 aliphatic rings. The average molecular weight is 523 g/mol. The smallest absolute Gasteiger partial charge is 0.232 e. The van der Waals surface area contributed by atoms with Crippen molar-refractivity contribution in [3.05, 3.63) is 132 Å². The van der Waals surface area contributed by atoms with E-state index in [0.717, 1.165) is 22.2 Å². The van der Waals surface area contributed by atoms with Gasteiger partial charge in [-0.15, -0.1) is 11.3 Å². The Morgan fingerprint density at radius 1 is 0.692 bits per heavy atom. The first-order chi connectivity index (χ1) is 19.2. The first-order valence-corrected chi connectivity index (χ1v) is 13.9. The molecule has 0 aliphatic heterocycles. The molecule has 7 aromatic rings. The average Bonchev–Trinajstić information content (AvgIpc) is 3.53. The zero-order valence-corrected chi connectivity index (χ0v) is 22.3.